The third-order valence-electron chi connectivity index (χ3n) is 3.73. The number of halogens is 1. The third-order valence-corrected chi connectivity index (χ3v) is 4.33. The topological polar surface area (TPSA) is 48.6 Å². The van der Waals surface area contributed by atoms with Crippen LogP contribution in [0.5, 0.6) is 0 Å². The second kappa shape index (κ2) is 6.29. The predicted octanol–water partition coefficient (Wildman–Crippen LogP) is 4.35. The van der Waals surface area contributed by atoms with Gasteiger partial charge in [-0.25, -0.2) is 4.79 Å². The standard InChI is InChI=1S/C15H21ClN2O/c1-3-5-6-10(4-2)14(16)11-7-8-12-13(9-11)18-15(19)17-12/h7-10,14H,3-6H2,1-2H3,(H2,17,18,19). The van der Waals surface area contributed by atoms with Gasteiger partial charge in [0.15, 0.2) is 0 Å². The molecule has 1 aromatic heterocycles. The fourth-order valence-electron chi connectivity index (χ4n) is 2.52. The van der Waals surface area contributed by atoms with Crippen LogP contribution in [0.2, 0.25) is 0 Å². The van der Waals surface area contributed by atoms with Crippen molar-refractivity contribution in [3.05, 3.63) is 34.2 Å². The van der Waals surface area contributed by atoms with Crippen molar-refractivity contribution >= 4 is 22.6 Å². The quantitative estimate of drug-likeness (QED) is 0.759. The minimum atomic E-state index is -0.170. The Labute approximate surface area is 118 Å². The number of unbranched alkanes of at least 4 members (excludes halogenated alkanes) is 1. The smallest absolute Gasteiger partial charge is 0.306 e. The van der Waals surface area contributed by atoms with Crippen LogP contribution in [0.4, 0.5) is 0 Å². The molecular formula is C15H21ClN2O. The third kappa shape index (κ3) is 3.21. The summed E-state index contributed by atoms with van der Waals surface area (Å²) in [5, 5.41) is 0.0133. The molecule has 2 rings (SSSR count). The van der Waals surface area contributed by atoms with Gasteiger partial charge in [-0.15, -0.1) is 11.6 Å². The van der Waals surface area contributed by atoms with Crippen LogP contribution in [0.25, 0.3) is 11.0 Å². The molecule has 2 unspecified atom stereocenters. The van der Waals surface area contributed by atoms with Crippen molar-refractivity contribution in [2.24, 2.45) is 5.92 Å². The van der Waals surface area contributed by atoms with E-state index < -0.39 is 0 Å². The van der Waals surface area contributed by atoms with Gasteiger partial charge in [0.2, 0.25) is 0 Å². The zero-order chi connectivity index (χ0) is 13.8. The van der Waals surface area contributed by atoms with E-state index in [4.69, 9.17) is 11.6 Å². The largest absolute Gasteiger partial charge is 0.323 e. The highest BCUT2D eigenvalue weighted by Gasteiger charge is 2.19. The number of hydrogen-bond acceptors (Lipinski definition) is 1. The van der Waals surface area contributed by atoms with Crippen molar-refractivity contribution in [2.75, 3.05) is 0 Å². The molecule has 19 heavy (non-hydrogen) atoms. The Morgan fingerprint density at radius 3 is 2.63 bits per heavy atom. The van der Waals surface area contributed by atoms with Crippen LogP contribution in [-0.4, -0.2) is 9.97 Å². The van der Waals surface area contributed by atoms with Crippen LogP contribution < -0.4 is 5.69 Å². The Balaban J connectivity index is 2.23. The van der Waals surface area contributed by atoms with E-state index in [2.05, 4.69) is 23.8 Å². The molecule has 0 fully saturated rings. The molecule has 3 nitrogen and oxygen atoms in total. The molecule has 1 heterocycles. The van der Waals surface area contributed by atoms with Gasteiger partial charge in [0.05, 0.1) is 16.4 Å². The number of hydrogen-bond donors (Lipinski definition) is 2. The Hall–Kier alpha value is -1.22. The minimum Gasteiger partial charge on any atom is -0.306 e. The molecule has 0 aliphatic heterocycles. The number of alkyl halides is 1. The highest BCUT2D eigenvalue weighted by atomic mass is 35.5. The lowest BCUT2D eigenvalue weighted by molar-refractivity contribution is 0.437. The van der Waals surface area contributed by atoms with Gasteiger partial charge in [-0.05, 0) is 30.0 Å². The summed E-state index contributed by atoms with van der Waals surface area (Å²) in [6.45, 7) is 4.39. The van der Waals surface area contributed by atoms with Crippen LogP contribution in [0.3, 0.4) is 0 Å². The first-order valence-corrected chi connectivity index (χ1v) is 7.45. The van der Waals surface area contributed by atoms with Crippen molar-refractivity contribution in [2.45, 2.75) is 44.9 Å². The first kappa shape index (κ1) is 14.2. The van der Waals surface area contributed by atoms with Crippen molar-refractivity contribution in [1.29, 1.82) is 0 Å². The monoisotopic (exact) mass is 280 g/mol. The minimum absolute atomic E-state index is 0.0133. The summed E-state index contributed by atoms with van der Waals surface area (Å²) < 4.78 is 0. The molecule has 0 bridgehead atoms. The van der Waals surface area contributed by atoms with Gasteiger partial charge in [-0.1, -0.05) is 39.2 Å². The number of aromatic nitrogens is 2. The van der Waals surface area contributed by atoms with Crippen LogP contribution in [0, 0.1) is 5.92 Å². The zero-order valence-electron chi connectivity index (χ0n) is 11.5. The summed E-state index contributed by atoms with van der Waals surface area (Å²) in [7, 11) is 0. The highest BCUT2D eigenvalue weighted by molar-refractivity contribution is 6.21. The van der Waals surface area contributed by atoms with Gasteiger partial charge in [-0.3, -0.25) is 0 Å². The van der Waals surface area contributed by atoms with Gasteiger partial charge in [-0.2, -0.15) is 0 Å². The van der Waals surface area contributed by atoms with Crippen LogP contribution in [0.15, 0.2) is 23.0 Å². The average molecular weight is 281 g/mol. The van der Waals surface area contributed by atoms with Crippen LogP contribution in [-0.2, 0) is 0 Å². The second-order valence-electron chi connectivity index (χ2n) is 5.10. The lowest BCUT2D eigenvalue weighted by Gasteiger charge is -2.21. The van der Waals surface area contributed by atoms with E-state index in [0.717, 1.165) is 29.4 Å². The molecule has 0 saturated carbocycles. The summed E-state index contributed by atoms with van der Waals surface area (Å²) in [4.78, 5) is 16.8. The van der Waals surface area contributed by atoms with Gasteiger partial charge >= 0.3 is 5.69 Å². The fraction of sp³-hybridized carbons (Fsp3) is 0.533. The number of imidazole rings is 1. The second-order valence-corrected chi connectivity index (χ2v) is 5.57. The molecule has 0 aliphatic carbocycles. The number of nitrogens with one attached hydrogen (secondary N) is 2. The fourth-order valence-corrected chi connectivity index (χ4v) is 2.96. The Kier molecular flexibility index (Phi) is 4.70. The van der Waals surface area contributed by atoms with E-state index >= 15 is 0 Å². The molecule has 2 atom stereocenters. The highest BCUT2D eigenvalue weighted by Crippen LogP contribution is 2.35. The van der Waals surface area contributed by atoms with Gasteiger partial charge in [0.1, 0.15) is 0 Å². The number of aromatic amines is 2. The van der Waals surface area contributed by atoms with E-state index in [0.29, 0.717) is 5.92 Å². The molecular weight excluding hydrogens is 260 g/mol. The summed E-state index contributed by atoms with van der Waals surface area (Å²) in [6.07, 6.45) is 4.65. The first-order chi connectivity index (χ1) is 9.15. The number of benzene rings is 1. The lowest BCUT2D eigenvalue weighted by atomic mass is 9.91. The molecule has 2 aromatic rings. The van der Waals surface area contributed by atoms with Crippen molar-refractivity contribution in [1.82, 2.24) is 9.97 Å². The summed E-state index contributed by atoms with van der Waals surface area (Å²) in [5.74, 6) is 0.490. The van der Waals surface area contributed by atoms with Crippen molar-refractivity contribution in [3.8, 4) is 0 Å². The maximum atomic E-state index is 11.3. The molecule has 0 spiro atoms. The molecule has 0 amide bonds. The van der Waals surface area contributed by atoms with Gasteiger partial charge in [0.25, 0.3) is 0 Å². The van der Waals surface area contributed by atoms with Crippen molar-refractivity contribution < 1.29 is 0 Å². The Morgan fingerprint density at radius 2 is 1.95 bits per heavy atom. The zero-order valence-corrected chi connectivity index (χ0v) is 12.3. The molecule has 1 aromatic carbocycles. The van der Waals surface area contributed by atoms with Gasteiger partial charge in [0, 0.05) is 0 Å². The number of fused-ring (bicyclic) bond motifs is 1. The normalized spacial score (nSPS) is 14.7. The average Bonchev–Trinajstić information content (AvgIpc) is 2.78. The Bertz CT molecular complexity index is 587. The van der Waals surface area contributed by atoms with E-state index in [9.17, 15) is 4.79 Å². The van der Waals surface area contributed by atoms with Crippen LogP contribution in [0.1, 0.15) is 50.5 Å². The maximum absolute atomic E-state index is 11.3. The number of rotatable bonds is 6. The first-order valence-electron chi connectivity index (χ1n) is 7.01. The molecule has 2 N–H and O–H groups in total. The predicted molar refractivity (Wildman–Crippen MR) is 80.8 cm³/mol. The SMILES string of the molecule is CCCCC(CC)C(Cl)c1ccc2[nH]c(=O)[nH]c2c1. The maximum Gasteiger partial charge on any atom is 0.323 e. The number of H-pyrrole nitrogens is 2. The van der Waals surface area contributed by atoms with E-state index in [1.54, 1.807) is 0 Å². The summed E-state index contributed by atoms with van der Waals surface area (Å²) in [6, 6.07) is 5.92. The molecule has 0 radical (unpaired) electrons. The van der Waals surface area contributed by atoms with Crippen molar-refractivity contribution in [3.63, 3.8) is 0 Å². The summed E-state index contributed by atoms with van der Waals surface area (Å²) >= 11 is 6.61. The summed E-state index contributed by atoms with van der Waals surface area (Å²) in [5.41, 5.74) is 2.58. The van der Waals surface area contributed by atoms with Crippen LogP contribution >= 0.6 is 11.6 Å². The van der Waals surface area contributed by atoms with Gasteiger partial charge < -0.3 is 9.97 Å². The van der Waals surface area contributed by atoms with E-state index in [-0.39, 0.29) is 11.1 Å². The lowest BCUT2D eigenvalue weighted by Crippen LogP contribution is -2.07. The molecule has 4 heteroatoms. The molecule has 0 aliphatic rings. The van der Waals surface area contributed by atoms with E-state index in [1.165, 1.54) is 12.8 Å². The molecule has 104 valence electrons. The molecule has 0 saturated heterocycles. The van der Waals surface area contributed by atoms with E-state index in [1.807, 2.05) is 18.2 Å². The Morgan fingerprint density at radius 1 is 1.21 bits per heavy atom.